The van der Waals surface area contributed by atoms with E-state index in [9.17, 15) is 4.79 Å². The Hall–Kier alpha value is -2.82. The maximum Gasteiger partial charge on any atom is 0.254 e. The fourth-order valence-corrected chi connectivity index (χ4v) is 4.04. The van der Waals surface area contributed by atoms with Gasteiger partial charge in [-0.2, -0.15) is 0 Å². The molecule has 3 heterocycles. The number of amides is 1. The molecule has 0 N–H and O–H groups in total. The molecule has 0 saturated carbocycles. The first-order valence-electron chi connectivity index (χ1n) is 10.1. The minimum absolute atomic E-state index is 0.00584. The summed E-state index contributed by atoms with van der Waals surface area (Å²) in [5, 5.41) is 0. The summed E-state index contributed by atoms with van der Waals surface area (Å²) in [4.78, 5) is 20.0. The predicted molar refractivity (Wildman–Crippen MR) is 109 cm³/mol. The Morgan fingerprint density at radius 2 is 2.07 bits per heavy atom. The smallest absolute Gasteiger partial charge is 0.254 e. The van der Waals surface area contributed by atoms with Gasteiger partial charge in [-0.05, 0) is 51.0 Å². The molecule has 1 fully saturated rings. The van der Waals surface area contributed by atoms with Gasteiger partial charge in [-0.25, -0.2) is 4.98 Å². The molecule has 1 aliphatic heterocycles. The Kier molecular flexibility index (Phi) is 5.33. The second-order valence-corrected chi connectivity index (χ2v) is 7.71. The Labute approximate surface area is 166 Å². The third-order valence-electron chi connectivity index (χ3n) is 5.48. The molecule has 28 heavy (non-hydrogen) atoms. The van der Waals surface area contributed by atoms with Crippen LogP contribution in [0.1, 0.15) is 67.7 Å². The second-order valence-electron chi connectivity index (χ2n) is 7.71. The maximum absolute atomic E-state index is 13.5. The number of benzene rings is 1. The lowest BCUT2D eigenvalue weighted by Gasteiger charge is -2.29. The fourth-order valence-electron chi connectivity index (χ4n) is 4.04. The largest absolute Gasteiger partial charge is 0.467 e. The van der Waals surface area contributed by atoms with Gasteiger partial charge >= 0.3 is 0 Å². The zero-order valence-electron chi connectivity index (χ0n) is 16.5. The number of nitrogens with zero attached hydrogens (tertiary/aromatic N) is 3. The van der Waals surface area contributed by atoms with Crippen LogP contribution in [0.15, 0.2) is 59.5 Å². The maximum atomic E-state index is 13.5. The van der Waals surface area contributed by atoms with Crippen LogP contribution in [0.3, 0.4) is 0 Å². The number of hydrogen-bond acceptors (Lipinski definition) is 3. The summed E-state index contributed by atoms with van der Waals surface area (Å²) in [5.74, 6) is 1.83. The van der Waals surface area contributed by atoms with Crippen molar-refractivity contribution in [2.75, 3.05) is 6.54 Å². The number of carbonyl (C=O) groups excluding carboxylic acids is 1. The molecule has 3 aromatic rings. The molecule has 1 aromatic carbocycles. The molecule has 1 saturated heterocycles. The van der Waals surface area contributed by atoms with E-state index in [1.807, 2.05) is 53.7 Å². The summed E-state index contributed by atoms with van der Waals surface area (Å²) in [7, 11) is 0. The molecular formula is C23H27N3O2. The Morgan fingerprint density at radius 3 is 2.86 bits per heavy atom. The Bertz CT molecular complexity index is 927. The highest BCUT2D eigenvalue weighted by molar-refractivity contribution is 5.95. The minimum Gasteiger partial charge on any atom is -0.467 e. The molecule has 0 unspecified atom stereocenters. The van der Waals surface area contributed by atoms with Crippen LogP contribution in [-0.2, 0) is 0 Å². The summed E-state index contributed by atoms with van der Waals surface area (Å²) in [6.07, 6.45) is 9.71. The van der Waals surface area contributed by atoms with Crippen LogP contribution in [-0.4, -0.2) is 26.9 Å². The lowest BCUT2D eigenvalue weighted by molar-refractivity contribution is 0.0658. The molecule has 2 aromatic heterocycles. The summed E-state index contributed by atoms with van der Waals surface area (Å²) in [6.45, 7) is 5.02. The molecule has 5 nitrogen and oxygen atoms in total. The summed E-state index contributed by atoms with van der Waals surface area (Å²) < 4.78 is 7.79. The van der Waals surface area contributed by atoms with Gasteiger partial charge in [-0.3, -0.25) is 4.79 Å². The zero-order valence-corrected chi connectivity index (χ0v) is 16.5. The van der Waals surface area contributed by atoms with Crippen LogP contribution in [0.25, 0.3) is 11.4 Å². The van der Waals surface area contributed by atoms with E-state index < -0.39 is 0 Å². The molecule has 0 bridgehead atoms. The lowest BCUT2D eigenvalue weighted by Crippen LogP contribution is -2.34. The first kappa shape index (κ1) is 18.5. The topological polar surface area (TPSA) is 51.3 Å². The van der Waals surface area contributed by atoms with Crippen molar-refractivity contribution in [1.82, 2.24) is 14.5 Å². The summed E-state index contributed by atoms with van der Waals surface area (Å²) in [5.41, 5.74) is 1.67. The molecule has 4 rings (SSSR count). The number of aromatic nitrogens is 2. The highest BCUT2D eigenvalue weighted by atomic mass is 16.3. The highest BCUT2D eigenvalue weighted by Crippen LogP contribution is 2.32. The molecular weight excluding hydrogens is 350 g/mol. The van der Waals surface area contributed by atoms with E-state index in [1.165, 1.54) is 0 Å². The van der Waals surface area contributed by atoms with Crippen LogP contribution in [0.5, 0.6) is 0 Å². The highest BCUT2D eigenvalue weighted by Gasteiger charge is 2.29. The van der Waals surface area contributed by atoms with E-state index >= 15 is 0 Å². The van der Waals surface area contributed by atoms with Gasteiger partial charge in [0, 0.05) is 36.1 Å². The third kappa shape index (κ3) is 3.61. The summed E-state index contributed by atoms with van der Waals surface area (Å²) in [6, 6.07) is 12.0. The number of likely N-dealkylation sites (tertiary alicyclic amines) is 1. The van der Waals surface area contributed by atoms with E-state index in [-0.39, 0.29) is 11.9 Å². The molecule has 5 heteroatoms. The predicted octanol–water partition coefficient (Wildman–Crippen LogP) is 5.48. The molecule has 1 amide bonds. The molecule has 0 aliphatic carbocycles. The molecule has 146 valence electrons. The van der Waals surface area contributed by atoms with Crippen molar-refractivity contribution in [1.29, 1.82) is 0 Å². The SMILES string of the molecule is CC(C)n1ccnc1-c1cccc(C(=O)N2CCCCC[C@H]2c2ccco2)c1. The van der Waals surface area contributed by atoms with Crippen LogP contribution < -0.4 is 0 Å². The van der Waals surface area contributed by atoms with Gasteiger partial charge in [0.15, 0.2) is 0 Å². The van der Waals surface area contributed by atoms with Crippen molar-refractivity contribution >= 4 is 5.91 Å². The van der Waals surface area contributed by atoms with Gasteiger partial charge in [0.05, 0.1) is 12.3 Å². The van der Waals surface area contributed by atoms with Gasteiger partial charge in [-0.1, -0.05) is 25.0 Å². The minimum atomic E-state index is 0.00584. The van der Waals surface area contributed by atoms with Gasteiger partial charge in [0.2, 0.25) is 0 Å². The van der Waals surface area contributed by atoms with Crippen LogP contribution in [0.2, 0.25) is 0 Å². The third-order valence-corrected chi connectivity index (χ3v) is 5.48. The average molecular weight is 377 g/mol. The van der Waals surface area contributed by atoms with Crippen LogP contribution >= 0.6 is 0 Å². The first-order chi connectivity index (χ1) is 13.6. The molecule has 1 atom stereocenters. The fraction of sp³-hybridized carbons (Fsp3) is 0.391. The zero-order chi connectivity index (χ0) is 19.5. The van der Waals surface area contributed by atoms with Gasteiger partial charge in [0.25, 0.3) is 5.91 Å². The Balaban J connectivity index is 1.66. The van der Waals surface area contributed by atoms with E-state index in [0.29, 0.717) is 11.6 Å². The number of imidazole rings is 1. The average Bonchev–Trinajstić information content (AvgIpc) is 3.36. The Morgan fingerprint density at radius 1 is 1.18 bits per heavy atom. The summed E-state index contributed by atoms with van der Waals surface area (Å²) >= 11 is 0. The quantitative estimate of drug-likeness (QED) is 0.605. The van der Waals surface area contributed by atoms with Crippen LogP contribution in [0, 0.1) is 0 Å². The molecule has 0 spiro atoms. The second kappa shape index (κ2) is 8.05. The first-order valence-corrected chi connectivity index (χ1v) is 10.1. The standard InChI is InChI=1S/C23H27N3O2/c1-17(2)25-14-12-24-22(25)18-8-6-9-19(16-18)23(27)26-13-5-3-4-10-20(26)21-11-7-15-28-21/h6-9,11-12,14-17,20H,3-5,10,13H2,1-2H3/t20-/m0/s1. The number of rotatable bonds is 4. The normalized spacial score (nSPS) is 17.7. The lowest BCUT2D eigenvalue weighted by atomic mass is 10.0. The van der Waals surface area contributed by atoms with Crippen molar-refractivity contribution in [2.24, 2.45) is 0 Å². The number of carbonyl (C=O) groups is 1. The molecule has 1 aliphatic rings. The van der Waals surface area contributed by atoms with Crippen molar-refractivity contribution < 1.29 is 9.21 Å². The van der Waals surface area contributed by atoms with E-state index in [0.717, 1.165) is 49.4 Å². The van der Waals surface area contributed by atoms with Crippen molar-refractivity contribution in [3.05, 3.63) is 66.4 Å². The van der Waals surface area contributed by atoms with E-state index in [4.69, 9.17) is 4.42 Å². The molecule has 0 radical (unpaired) electrons. The van der Waals surface area contributed by atoms with Crippen molar-refractivity contribution in [3.63, 3.8) is 0 Å². The van der Waals surface area contributed by atoms with Gasteiger partial charge in [0.1, 0.15) is 11.6 Å². The van der Waals surface area contributed by atoms with E-state index in [2.05, 4.69) is 23.4 Å². The van der Waals surface area contributed by atoms with Crippen LogP contribution in [0.4, 0.5) is 0 Å². The number of furan rings is 1. The monoisotopic (exact) mass is 377 g/mol. The number of hydrogen-bond donors (Lipinski definition) is 0. The van der Waals surface area contributed by atoms with Gasteiger partial charge in [-0.15, -0.1) is 0 Å². The van der Waals surface area contributed by atoms with Crippen molar-refractivity contribution in [2.45, 2.75) is 51.6 Å². The van der Waals surface area contributed by atoms with E-state index in [1.54, 1.807) is 6.26 Å². The van der Waals surface area contributed by atoms with Crippen molar-refractivity contribution in [3.8, 4) is 11.4 Å². The van der Waals surface area contributed by atoms with Gasteiger partial charge < -0.3 is 13.9 Å².